The van der Waals surface area contributed by atoms with Gasteiger partial charge in [0.15, 0.2) is 0 Å². The van der Waals surface area contributed by atoms with Crippen LogP contribution < -0.4 is 0 Å². The highest BCUT2D eigenvalue weighted by Crippen LogP contribution is 2.41. The van der Waals surface area contributed by atoms with Gasteiger partial charge in [0.25, 0.3) is 0 Å². The van der Waals surface area contributed by atoms with E-state index in [4.69, 9.17) is 9.72 Å². The lowest BCUT2D eigenvalue weighted by molar-refractivity contribution is 0.0553. The van der Waals surface area contributed by atoms with Gasteiger partial charge in [0.2, 0.25) is 0 Å². The molecule has 1 atom stereocenters. The van der Waals surface area contributed by atoms with E-state index in [-0.39, 0.29) is 11.9 Å². The number of fused-ring (bicyclic) bond motifs is 3. The molecule has 1 aliphatic heterocycles. The molecule has 5 aromatic rings. The Morgan fingerprint density at radius 2 is 1.82 bits per heavy atom. The van der Waals surface area contributed by atoms with Crippen molar-refractivity contribution in [3.8, 4) is 11.3 Å². The van der Waals surface area contributed by atoms with E-state index in [0.717, 1.165) is 64.9 Å². The molecule has 6 nitrogen and oxygen atoms in total. The fourth-order valence-electron chi connectivity index (χ4n) is 5.48. The van der Waals surface area contributed by atoms with Gasteiger partial charge in [-0.2, -0.15) is 0 Å². The van der Waals surface area contributed by atoms with Crippen LogP contribution in [0.15, 0.2) is 60.8 Å². The summed E-state index contributed by atoms with van der Waals surface area (Å²) in [7, 11) is 1.89. The first-order valence-electron chi connectivity index (χ1n) is 11.7. The quantitative estimate of drug-likeness (QED) is 0.362. The molecule has 0 radical (unpaired) electrons. The zero-order chi connectivity index (χ0) is 23.2. The molecule has 0 amide bonds. The molecule has 1 fully saturated rings. The molecule has 7 heteroatoms. The van der Waals surface area contributed by atoms with Crippen molar-refractivity contribution in [2.24, 2.45) is 13.0 Å². The molecule has 1 saturated heterocycles. The van der Waals surface area contributed by atoms with E-state index in [1.807, 2.05) is 32.3 Å². The largest absolute Gasteiger partial charge is 0.381 e. The summed E-state index contributed by atoms with van der Waals surface area (Å²) in [5, 5.41) is 9.22. The highest BCUT2D eigenvalue weighted by atomic mass is 19.1. The molecule has 4 heterocycles. The molecule has 0 aliphatic carbocycles. The molecule has 2 aromatic carbocycles. The monoisotopic (exact) mass is 455 g/mol. The summed E-state index contributed by atoms with van der Waals surface area (Å²) < 4.78 is 24.2. The van der Waals surface area contributed by atoms with Crippen molar-refractivity contribution in [3.63, 3.8) is 0 Å². The molecule has 0 saturated carbocycles. The van der Waals surface area contributed by atoms with Gasteiger partial charge in [0, 0.05) is 37.4 Å². The van der Waals surface area contributed by atoms with E-state index < -0.39 is 0 Å². The van der Waals surface area contributed by atoms with Gasteiger partial charge in [-0.25, -0.2) is 9.07 Å². The van der Waals surface area contributed by atoms with Gasteiger partial charge in [-0.3, -0.25) is 4.98 Å². The average Bonchev–Trinajstić information content (AvgIpc) is 3.36. The Labute approximate surface area is 197 Å². The zero-order valence-corrected chi connectivity index (χ0v) is 19.3. The van der Waals surface area contributed by atoms with Crippen LogP contribution in [0.25, 0.3) is 33.2 Å². The first-order chi connectivity index (χ1) is 16.6. The third-order valence-electron chi connectivity index (χ3n) is 7.00. The molecule has 3 aromatic heterocycles. The molecular weight excluding hydrogens is 429 g/mol. The topological polar surface area (TPSA) is 57.8 Å². The summed E-state index contributed by atoms with van der Waals surface area (Å²) in [5.74, 6) is 0.134. The maximum atomic E-state index is 14.4. The molecule has 0 unspecified atom stereocenters. The van der Waals surface area contributed by atoms with Crippen molar-refractivity contribution >= 4 is 21.9 Å². The number of hydrogen-bond acceptors (Lipinski definition) is 4. The minimum atomic E-state index is -0.258. The number of pyridine rings is 1. The fourth-order valence-corrected chi connectivity index (χ4v) is 5.48. The van der Waals surface area contributed by atoms with Crippen LogP contribution >= 0.6 is 0 Å². The maximum Gasteiger partial charge on any atom is 0.124 e. The first-order valence-corrected chi connectivity index (χ1v) is 11.7. The molecular formula is C27H26FN5O. The zero-order valence-electron chi connectivity index (χ0n) is 19.3. The summed E-state index contributed by atoms with van der Waals surface area (Å²) in [6, 6.07) is 17.9. The van der Waals surface area contributed by atoms with E-state index >= 15 is 0 Å². The van der Waals surface area contributed by atoms with Crippen molar-refractivity contribution in [2.75, 3.05) is 13.2 Å². The van der Waals surface area contributed by atoms with Gasteiger partial charge >= 0.3 is 0 Å². The lowest BCUT2D eigenvalue weighted by Crippen LogP contribution is -2.26. The number of rotatable bonds is 4. The van der Waals surface area contributed by atoms with Crippen LogP contribution in [0.4, 0.5) is 4.39 Å². The van der Waals surface area contributed by atoms with Gasteiger partial charge < -0.3 is 9.30 Å². The number of benzene rings is 2. The van der Waals surface area contributed by atoms with Crippen LogP contribution in [-0.2, 0) is 11.8 Å². The predicted molar refractivity (Wildman–Crippen MR) is 130 cm³/mol. The normalized spacial score (nSPS) is 15.9. The van der Waals surface area contributed by atoms with E-state index in [2.05, 4.69) is 45.2 Å². The Morgan fingerprint density at radius 3 is 2.56 bits per heavy atom. The van der Waals surface area contributed by atoms with Crippen molar-refractivity contribution in [1.29, 1.82) is 0 Å². The van der Waals surface area contributed by atoms with Crippen LogP contribution in [-0.4, -0.2) is 37.8 Å². The Morgan fingerprint density at radius 1 is 1.03 bits per heavy atom. The van der Waals surface area contributed by atoms with Crippen LogP contribution in [0.1, 0.15) is 30.1 Å². The summed E-state index contributed by atoms with van der Waals surface area (Å²) in [5.41, 5.74) is 6.74. The molecule has 0 spiro atoms. The smallest absolute Gasteiger partial charge is 0.124 e. The lowest BCUT2D eigenvalue weighted by Gasteiger charge is -2.33. The predicted octanol–water partition coefficient (Wildman–Crippen LogP) is 5.45. The Balaban J connectivity index is 1.67. The number of aromatic nitrogens is 5. The summed E-state index contributed by atoms with van der Waals surface area (Å²) in [6.07, 6.45) is 3.79. The van der Waals surface area contributed by atoms with Crippen LogP contribution in [0.5, 0.6) is 0 Å². The highest BCUT2D eigenvalue weighted by molar-refractivity contribution is 6.06. The summed E-state index contributed by atoms with van der Waals surface area (Å²) >= 11 is 0. The Kier molecular flexibility index (Phi) is 5.14. The third-order valence-corrected chi connectivity index (χ3v) is 7.00. The van der Waals surface area contributed by atoms with Gasteiger partial charge in [0.05, 0.1) is 34.0 Å². The SMILES string of the molecule is Cc1nnn(C)c1-c1cnc2c3cc(F)ccc3n([C@H](c3ccccc3)C3CCOCC3)c2c1. The summed E-state index contributed by atoms with van der Waals surface area (Å²) in [4.78, 5) is 4.85. The standard InChI is InChI=1S/C27H26FN5O/c1-17-26(32(2)31-30-17)20-14-24-25(29-16-20)22-15-21(28)8-9-23(22)33(24)27(18-6-4-3-5-7-18)19-10-12-34-13-11-19/h3-9,14-16,19,27H,10-13H2,1-2H3/t27-/m1/s1. The Hall–Kier alpha value is -3.58. The summed E-state index contributed by atoms with van der Waals surface area (Å²) in [6.45, 7) is 3.46. The molecule has 172 valence electrons. The van der Waals surface area contributed by atoms with Crippen LogP contribution in [0, 0.1) is 18.7 Å². The second-order valence-corrected chi connectivity index (χ2v) is 9.08. The average molecular weight is 456 g/mol. The van der Waals surface area contributed by atoms with Crippen LogP contribution in [0.3, 0.4) is 0 Å². The highest BCUT2D eigenvalue weighted by Gasteiger charge is 2.30. The second kappa shape index (κ2) is 8.33. The maximum absolute atomic E-state index is 14.4. The van der Waals surface area contributed by atoms with Crippen molar-refractivity contribution in [3.05, 3.63) is 77.9 Å². The number of hydrogen-bond donors (Lipinski definition) is 0. The van der Waals surface area contributed by atoms with E-state index in [1.165, 1.54) is 5.56 Å². The fraction of sp³-hybridized carbons (Fsp3) is 0.296. The van der Waals surface area contributed by atoms with E-state index in [0.29, 0.717) is 5.92 Å². The van der Waals surface area contributed by atoms with Gasteiger partial charge in [-0.1, -0.05) is 35.5 Å². The third kappa shape index (κ3) is 3.39. The number of nitrogens with zero attached hydrogens (tertiary/aromatic N) is 5. The Bertz CT molecular complexity index is 1460. The van der Waals surface area contributed by atoms with Gasteiger partial charge in [-0.05, 0) is 55.5 Å². The van der Waals surface area contributed by atoms with Crippen molar-refractivity contribution in [2.45, 2.75) is 25.8 Å². The van der Waals surface area contributed by atoms with Crippen molar-refractivity contribution < 1.29 is 9.13 Å². The minimum absolute atomic E-state index is 0.0818. The number of halogens is 1. The van der Waals surface area contributed by atoms with E-state index in [1.54, 1.807) is 16.8 Å². The molecule has 0 bridgehead atoms. The first kappa shape index (κ1) is 21.0. The van der Waals surface area contributed by atoms with Gasteiger partial charge in [0.1, 0.15) is 5.82 Å². The van der Waals surface area contributed by atoms with E-state index in [9.17, 15) is 4.39 Å². The number of aryl methyl sites for hydroxylation is 2. The van der Waals surface area contributed by atoms with Crippen LogP contribution in [0.2, 0.25) is 0 Å². The molecule has 1 aliphatic rings. The van der Waals surface area contributed by atoms with Gasteiger partial charge in [-0.15, -0.1) is 5.10 Å². The lowest BCUT2D eigenvalue weighted by atomic mass is 9.86. The minimum Gasteiger partial charge on any atom is -0.381 e. The molecule has 34 heavy (non-hydrogen) atoms. The molecule has 6 rings (SSSR count). The second-order valence-electron chi connectivity index (χ2n) is 9.08. The van der Waals surface area contributed by atoms with Crippen molar-refractivity contribution in [1.82, 2.24) is 24.5 Å². The molecule has 0 N–H and O–H groups in total. The number of ether oxygens (including phenoxy) is 1.